The predicted octanol–water partition coefficient (Wildman–Crippen LogP) is 4.13. The summed E-state index contributed by atoms with van der Waals surface area (Å²) in [6.45, 7) is 8.22. The van der Waals surface area contributed by atoms with Crippen molar-refractivity contribution in [1.82, 2.24) is 14.7 Å². The summed E-state index contributed by atoms with van der Waals surface area (Å²) >= 11 is 0. The standard InChI is InChI=1S/C22H33N3O/c1-21(2,3)25-19-4-5-24(14-18(19)13-23-25)20(26)12-22-9-15-6-16(10-22)8-17(7-15)11-22/h13,15-17H,4-12,14H2,1-3H3. The van der Waals surface area contributed by atoms with E-state index >= 15 is 0 Å². The second-order valence-corrected chi connectivity index (χ2v) is 10.9. The third-order valence-electron chi connectivity index (χ3n) is 7.61. The van der Waals surface area contributed by atoms with Gasteiger partial charge in [-0.1, -0.05) is 0 Å². The van der Waals surface area contributed by atoms with Crippen molar-refractivity contribution < 1.29 is 4.79 Å². The summed E-state index contributed by atoms with van der Waals surface area (Å²) in [5, 5.41) is 4.62. The van der Waals surface area contributed by atoms with Gasteiger partial charge in [-0.15, -0.1) is 0 Å². The molecule has 4 saturated carbocycles. The molecule has 6 rings (SSSR count). The molecular formula is C22H33N3O. The predicted molar refractivity (Wildman–Crippen MR) is 102 cm³/mol. The molecule has 1 aromatic rings. The monoisotopic (exact) mass is 355 g/mol. The number of amides is 1. The zero-order chi connectivity index (χ0) is 18.1. The van der Waals surface area contributed by atoms with Gasteiger partial charge < -0.3 is 4.90 Å². The highest BCUT2D eigenvalue weighted by Gasteiger charge is 2.51. The molecule has 4 heteroatoms. The van der Waals surface area contributed by atoms with Crippen molar-refractivity contribution in [2.24, 2.45) is 23.2 Å². The van der Waals surface area contributed by atoms with Crippen molar-refractivity contribution in [3.8, 4) is 0 Å². The highest BCUT2D eigenvalue weighted by Crippen LogP contribution is 2.61. The number of carbonyl (C=O) groups is 1. The van der Waals surface area contributed by atoms with Crippen molar-refractivity contribution in [2.45, 2.75) is 84.2 Å². The van der Waals surface area contributed by atoms with Gasteiger partial charge in [-0.3, -0.25) is 9.48 Å². The molecule has 4 bridgehead atoms. The van der Waals surface area contributed by atoms with E-state index in [2.05, 4.69) is 35.5 Å². The van der Waals surface area contributed by atoms with Gasteiger partial charge in [0.25, 0.3) is 0 Å². The normalized spacial score (nSPS) is 35.7. The van der Waals surface area contributed by atoms with Crippen LogP contribution in [0.3, 0.4) is 0 Å². The number of fused-ring (bicyclic) bond motifs is 1. The van der Waals surface area contributed by atoms with Gasteiger partial charge in [0.1, 0.15) is 0 Å². The third-order valence-corrected chi connectivity index (χ3v) is 7.61. The van der Waals surface area contributed by atoms with Gasteiger partial charge in [0, 0.05) is 37.2 Å². The van der Waals surface area contributed by atoms with Gasteiger partial charge in [-0.2, -0.15) is 5.10 Å². The molecule has 0 atom stereocenters. The lowest BCUT2D eigenvalue weighted by atomic mass is 9.49. The van der Waals surface area contributed by atoms with E-state index in [0.29, 0.717) is 11.3 Å². The van der Waals surface area contributed by atoms with Crippen LogP contribution in [0.1, 0.15) is 77.0 Å². The van der Waals surface area contributed by atoms with Crippen LogP contribution in [0, 0.1) is 23.2 Å². The fraction of sp³-hybridized carbons (Fsp3) is 0.818. The number of hydrogen-bond acceptors (Lipinski definition) is 2. The molecule has 4 aliphatic carbocycles. The van der Waals surface area contributed by atoms with E-state index in [9.17, 15) is 4.79 Å². The Morgan fingerprint density at radius 1 is 1.15 bits per heavy atom. The Labute approximate surface area is 157 Å². The van der Waals surface area contributed by atoms with E-state index < -0.39 is 0 Å². The Balaban J connectivity index is 1.30. The molecule has 1 aromatic heterocycles. The molecule has 4 fully saturated rings. The summed E-state index contributed by atoms with van der Waals surface area (Å²) in [5.74, 6) is 3.17. The minimum absolute atomic E-state index is 0.0129. The van der Waals surface area contributed by atoms with Crippen LogP contribution in [-0.2, 0) is 23.3 Å². The van der Waals surface area contributed by atoms with Crippen LogP contribution in [0.25, 0.3) is 0 Å². The van der Waals surface area contributed by atoms with Crippen molar-refractivity contribution in [2.75, 3.05) is 6.54 Å². The molecule has 0 unspecified atom stereocenters. The second-order valence-electron chi connectivity index (χ2n) is 10.9. The Bertz CT molecular complexity index is 691. The topological polar surface area (TPSA) is 38.1 Å². The van der Waals surface area contributed by atoms with Gasteiger partial charge in [-0.25, -0.2) is 0 Å². The van der Waals surface area contributed by atoms with E-state index in [1.165, 1.54) is 49.8 Å². The molecule has 0 radical (unpaired) electrons. The summed E-state index contributed by atoms with van der Waals surface area (Å²) < 4.78 is 2.16. The summed E-state index contributed by atoms with van der Waals surface area (Å²) in [4.78, 5) is 15.3. The lowest BCUT2D eigenvalue weighted by Crippen LogP contribution is -2.49. The highest BCUT2D eigenvalue weighted by molar-refractivity contribution is 5.77. The van der Waals surface area contributed by atoms with Gasteiger partial charge in [0.05, 0.1) is 11.7 Å². The van der Waals surface area contributed by atoms with E-state index in [0.717, 1.165) is 43.7 Å². The number of hydrogen-bond donors (Lipinski definition) is 0. The SMILES string of the molecule is CC(C)(C)n1ncc2c1CCN(C(=O)CC13CC4CC(CC(C4)C1)C3)C2. The molecule has 0 saturated heterocycles. The first-order chi connectivity index (χ1) is 12.3. The van der Waals surface area contributed by atoms with Crippen molar-refractivity contribution in [3.05, 3.63) is 17.5 Å². The van der Waals surface area contributed by atoms with E-state index in [1.807, 2.05) is 6.20 Å². The summed E-state index contributed by atoms with van der Waals surface area (Å²) in [7, 11) is 0. The quantitative estimate of drug-likeness (QED) is 0.800. The average molecular weight is 356 g/mol. The molecule has 142 valence electrons. The van der Waals surface area contributed by atoms with Gasteiger partial charge in [0.15, 0.2) is 0 Å². The van der Waals surface area contributed by atoms with Crippen molar-refractivity contribution in [3.63, 3.8) is 0 Å². The van der Waals surface area contributed by atoms with Crippen LogP contribution >= 0.6 is 0 Å². The number of carbonyl (C=O) groups excluding carboxylic acids is 1. The molecule has 1 aliphatic heterocycles. The van der Waals surface area contributed by atoms with Crippen LogP contribution in [0.2, 0.25) is 0 Å². The summed E-state index contributed by atoms with van der Waals surface area (Å²) in [5.41, 5.74) is 2.95. The van der Waals surface area contributed by atoms with Gasteiger partial charge in [0.2, 0.25) is 5.91 Å². The first-order valence-corrected chi connectivity index (χ1v) is 10.7. The Hall–Kier alpha value is -1.32. The number of nitrogens with zero attached hydrogens (tertiary/aromatic N) is 3. The minimum Gasteiger partial charge on any atom is -0.338 e. The van der Waals surface area contributed by atoms with E-state index in [-0.39, 0.29) is 5.54 Å². The van der Waals surface area contributed by atoms with E-state index in [4.69, 9.17) is 0 Å². The zero-order valence-electron chi connectivity index (χ0n) is 16.6. The van der Waals surface area contributed by atoms with Crippen LogP contribution in [0.5, 0.6) is 0 Å². The molecule has 4 nitrogen and oxygen atoms in total. The third kappa shape index (κ3) is 2.71. The number of aromatic nitrogens is 2. The molecular weight excluding hydrogens is 322 g/mol. The van der Waals surface area contributed by atoms with Crippen LogP contribution in [-0.4, -0.2) is 27.1 Å². The van der Waals surface area contributed by atoms with Crippen molar-refractivity contribution in [1.29, 1.82) is 0 Å². The maximum Gasteiger partial charge on any atom is 0.223 e. The average Bonchev–Trinajstić information content (AvgIpc) is 2.96. The van der Waals surface area contributed by atoms with Gasteiger partial charge >= 0.3 is 0 Å². The van der Waals surface area contributed by atoms with Gasteiger partial charge in [-0.05, 0) is 82.5 Å². The molecule has 1 amide bonds. The van der Waals surface area contributed by atoms with Crippen LogP contribution in [0.4, 0.5) is 0 Å². The Morgan fingerprint density at radius 2 is 1.77 bits per heavy atom. The highest BCUT2D eigenvalue weighted by atomic mass is 16.2. The molecule has 2 heterocycles. The fourth-order valence-corrected chi connectivity index (χ4v) is 7.06. The summed E-state index contributed by atoms with van der Waals surface area (Å²) in [6, 6.07) is 0. The minimum atomic E-state index is 0.0129. The molecule has 0 spiro atoms. The first-order valence-electron chi connectivity index (χ1n) is 10.7. The van der Waals surface area contributed by atoms with E-state index in [1.54, 1.807) is 0 Å². The lowest BCUT2D eigenvalue weighted by molar-refractivity contribution is -0.140. The Kier molecular flexibility index (Phi) is 3.62. The van der Waals surface area contributed by atoms with Crippen LogP contribution in [0.15, 0.2) is 6.20 Å². The van der Waals surface area contributed by atoms with Crippen LogP contribution < -0.4 is 0 Å². The maximum atomic E-state index is 13.2. The fourth-order valence-electron chi connectivity index (χ4n) is 7.06. The first kappa shape index (κ1) is 16.8. The smallest absolute Gasteiger partial charge is 0.223 e. The lowest BCUT2D eigenvalue weighted by Gasteiger charge is -2.57. The maximum absolute atomic E-state index is 13.2. The molecule has 0 aromatic carbocycles. The molecule has 0 N–H and O–H groups in total. The zero-order valence-corrected chi connectivity index (χ0v) is 16.6. The largest absolute Gasteiger partial charge is 0.338 e. The second kappa shape index (κ2) is 5.59. The summed E-state index contributed by atoms with van der Waals surface area (Å²) in [6.07, 6.45) is 12.1. The van der Waals surface area contributed by atoms with Crippen molar-refractivity contribution >= 4 is 5.91 Å². The molecule has 5 aliphatic rings. The Morgan fingerprint density at radius 3 is 2.35 bits per heavy atom. The molecule has 26 heavy (non-hydrogen) atoms. The number of rotatable bonds is 2.